The van der Waals surface area contributed by atoms with Crippen molar-refractivity contribution in [3.63, 3.8) is 0 Å². The normalized spacial score (nSPS) is 17.1. The fourth-order valence-corrected chi connectivity index (χ4v) is 9.73. The number of alkyl halides is 5. The summed E-state index contributed by atoms with van der Waals surface area (Å²) in [5.74, 6) is -2.21. The number of rotatable bonds is 12. The van der Waals surface area contributed by atoms with Gasteiger partial charge in [-0.2, -0.15) is 32.1 Å². The van der Waals surface area contributed by atoms with Gasteiger partial charge in [0, 0.05) is 35.7 Å². The largest absolute Gasteiger partial charge is 0.615 e. The van der Waals surface area contributed by atoms with Crippen LogP contribution in [0.5, 0.6) is 0 Å². The van der Waals surface area contributed by atoms with Crippen LogP contribution in [-0.4, -0.2) is 60.3 Å². The highest BCUT2D eigenvalue weighted by Gasteiger charge is 2.54. The van der Waals surface area contributed by atoms with E-state index in [-0.39, 0.29) is 56.9 Å². The fraction of sp³-hybridized carbons (Fsp3) is 0.409. The molecule has 0 bridgehead atoms. The van der Waals surface area contributed by atoms with E-state index >= 15 is 8.78 Å². The van der Waals surface area contributed by atoms with Crippen molar-refractivity contribution in [2.75, 3.05) is 5.32 Å². The van der Waals surface area contributed by atoms with Crippen molar-refractivity contribution < 1.29 is 49.6 Å². The summed E-state index contributed by atoms with van der Waals surface area (Å²) in [5.41, 5.74) is -3.56. The minimum Gasteiger partial charge on any atom is -0.615 e. The van der Waals surface area contributed by atoms with E-state index in [1.54, 1.807) is 45.2 Å². The summed E-state index contributed by atoms with van der Waals surface area (Å²) in [5, 5.41) is 32.4. The van der Waals surface area contributed by atoms with Crippen LogP contribution in [0.2, 0.25) is 5.02 Å². The van der Waals surface area contributed by atoms with Gasteiger partial charge in [0.2, 0.25) is 11.8 Å². The average Bonchev–Trinajstić information content (AvgIpc) is 3.56. The number of amides is 1. The third-order valence-electron chi connectivity index (χ3n) is 11.2. The molecule has 1 amide bonds. The van der Waals surface area contributed by atoms with Crippen molar-refractivity contribution in [1.82, 2.24) is 40.1 Å². The van der Waals surface area contributed by atoms with Gasteiger partial charge in [-0.15, -0.1) is 5.10 Å². The first-order valence-electron chi connectivity index (χ1n) is 20.5. The molecular weight excluding hydrogens is 919 g/mol. The lowest BCUT2D eigenvalue weighted by Gasteiger charge is -2.24. The molecule has 4 heterocycles. The van der Waals surface area contributed by atoms with Gasteiger partial charge in [0.1, 0.15) is 40.4 Å². The molecule has 66 heavy (non-hydrogen) atoms. The molecule has 0 saturated heterocycles. The van der Waals surface area contributed by atoms with Gasteiger partial charge >= 0.3 is 12.2 Å². The number of anilines is 2. The van der Waals surface area contributed by atoms with Gasteiger partial charge in [0.15, 0.2) is 16.3 Å². The van der Waals surface area contributed by atoms with E-state index in [0.29, 0.717) is 27.2 Å². The molecule has 2 aliphatic carbocycles. The predicted octanol–water partition coefficient (Wildman–Crippen LogP) is 8.56. The molecule has 3 N–H and O–H groups in total. The molecule has 4 aromatic heterocycles. The molecule has 22 heteroatoms. The Kier molecular flexibility index (Phi) is 12.0. The Labute approximate surface area is 380 Å². The second kappa shape index (κ2) is 16.9. The number of hydrogen-bond acceptors (Lipinski definition) is 10. The number of halogens is 8. The van der Waals surface area contributed by atoms with Gasteiger partial charge in [0.25, 0.3) is 5.92 Å². The van der Waals surface area contributed by atoms with Gasteiger partial charge in [-0.25, -0.2) is 13.8 Å². The Balaban J connectivity index is 1.27. The third kappa shape index (κ3) is 9.20. The summed E-state index contributed by atoms with van der Waals surface area (Å²) in [7, 11) is 1.60. The zero-order valence-corrected chi connectivity index (χ0v) is 37.6. The maximum atomic E-state index is 15.5. The third-order valence-corrected chi connectivity index (χ3v) is 13.7. The zero-order valence-electron chi connectivity index (χ0n) is 36.0. The molecule has 0 spiro atoms. The summed E-state index contributed by atoms with van der Waals surface area (Å²) < 4.78 is 123. The summed E-state index contributed by atoms with van der Waals surface area (Å²) in [6.07, 6.45) is -4.53. The van der Waals surface area contributed by atoms with Crippen LogP contribution in [0.4, 0.5) is 42.6 Å². The SMILES string of the molecule is C[C@@H]1Cc2c(C(F)(F)F)nn(CC(=O)NC(Cc3cc(F)cc(F)c3)c3nc(C#CC(C)(C)[S+]([O-])C4CC4)ccc3-c3ccc(Cl)c4c(Nc5nnc(C(C)(C)O)o5)nn(C)c34)c2C1(F)F. The lowest BCUT2D eigenvalue weighted by molar-refractivity contribution is -0.142. The summed E-state index contributed by atoms with van der Waals surface area (Å²) in [6, 6.07) is 7.48. The summed E-state index contributed by atoms with van der Waals surface area (Å²) >= 11 is 5.49. The molecule has 1 fully saturated rings. The van der Waals surface area contributed by atoms with Crippen LogP contribution in [0.25, 0.3) is 22.0 Å². The van der Waals surface area contributed by atoms with Crippen LogP contribution in [0.1, 0.15) is 93.3 Å². The second-order valence-corrected chi connectivity index (χ2v) is 20.1. The molecule has 2 unspecified atom stereocenters. The molecule has 2 aliphatic rings. The molecule has 13 nitrogen and oxygen atoms in total. The predicted molar refractivity (Wildman–Crippen MR) is 229 cm³/mol. The van der Waals surface area contributed by atoms with Crippen LogP contribution in [0, 0.1) is 29.4 Å². The molecule has 0 aliphatic heterocycles. The number of aryl methyl sites for hydroxylation is 1. The Morgan fingerprint density at radius 1 is 1.06 bits per heavy atom. The van der Waals surface area contributed by atoms with Crippen molar-refractivity contribution in [3.05, 3.63) is 98.9 Å². The van der Waals surface area contributed by atoms with Crippen LogP contribution < -0.4 is 10.6 Å². The number of fused-ring (bicyclic) bond motifs is 2. The zero-order chi connectivity index (χ0) is 47.8. The van der Waals surface area contributed by atoms with Crippen LogP contribution in [0.3, 0.4) is 0 Å². The standard InChI is InChI=1S/C44H41ClF7N9O4S/c1-21-15-29-36(44(50,51)52)58-61(37(29)43(21,48)49)20-32(62)54-31(18-22-16-23(46)19-24(47)17-22)34-27(10-7-25(53-34)13-14-41(2,3)66(64)26-8-9-26)28-11-12-30(45)33-35(28)60(6)59-38(33)55-40-57-56-39(65-40)42(4,5)63/h7,10-12,16-17,19,21,26,31,63H,8-9,15,18,20H2,1-6H3,(H,54,62)(H,55,57,59)/t21-,31?,66?/m1/s1. The number of carbonyl (C=O) groups is 1. The van der Waals surface area contributed by atoms with E-state index in [0.717, 1.165) is 31.9 Å². The highest BCUT2D eigenvalue weighted by Crippen LogP contribution is 2.50. The molecular formula is C44H41ClF7N9O4S. The Bertz CT molecular complexity index is 2930. The number of benzene rings is 2. The highest BCUT2D eigenvalue weighted by atomic mass is 35.5. The first-order valence-corrected chi connectivity index (χ1v) is 22.1. The van der Waals surface area contributed by atoms with Crippen LogP contribution in [-0.2, 0) is 60.1 Å². The van der Waals surface area contributed by atoms with Gasteiger partial charge < -0.3 is 19.4 Å². The minimum atomic E-state index is -5.11. The van der Waals surface area contributed by atoms with Crippen molar-refractivity contribution in [2.24, 2.45) is 13.0 Å². The van der Waals surface area contributed by atoms with E-state index in [2.05, 4.69) is 42.9 Å². The van der Waals surface area contributed by atoms with E-state index in [1.165, 1.54) is 18.5 Å². The number of pyridine rings is 1. The van der Waals surface area contributed by atoms with Crippen molar-refractivity contribution in [2.45, 2.75) is 101 Å². The number of hydrogen-bond donors (Lipinski definition) is 3. The van der Waals surface area contributed by atoms with E-state index in [1.807, 2.05) is 0 Å². The first kappa shape index (κ1) is 46.8. The number of nitrogens with zero attached hydrogens (tertiary/aromatic N) is 7. The van der Waals surface area contributed by atoms with Gasteiger partial charge in [0.05, 0.1) is 27.7 Å². The minimum absolute atomic E-state index is 0.00756. The Morgan fingerprint density at radius 3 is 2.38 bits per heavy atom. The maximum Gasteiger partial charge on any atom is 0.435 e. The molecule has 2 aromatic carbocycles. The van der Waals surface area contributed by atoms with Gasteiger partial charge in [-0.05, 0) is 112 Å². The average molecular weight is 960 g/mol. The molecule has 8 rings (SSSR count). The van der Waals surface area contributed by atoms with E-state index < -0.39 is 93.0 Å². The lowest BCUT2D eigenvalue weighted by Crippen LogP contribution is -2.35. The Morgan fingerprint density at radius 2 is 1.74 bits per heavy atom. The maximum absolute atomic E-state index is 15.5. The second-order valence-electron chi connectivity index (χ2n) is 17.4. The number of aliphatic hydroxyl groups is 1. The summed E-state index contributed by atoms with van der Waals surface area (Å²) in [4.78, 5) is 19.0. The molecule has 6 aromatic rings. The number of carbonyl (C=O) groups excluding carboxylic acids is 1. The van der Waals surface area contributed by atoms with Crippen molar-refractivity contribution in [3.8, 4) is 23.0 Å². The van der Waals surface area contributed by atoms with Gasteiger partial charge in [-0.3, -0.25) is 19.5 Å². The topological polar surface area (TPSA) is 172 Å². The van der Waals surface area contributed by atoms with Crippen LogP contribution >= 0.6 is 11.6 Å². The number of nitrogens with one attached hydrogen (secondary N) is 2. The Hall–Kier alpha value is -5.69. The quantitative estimate of drug-likeness (QED) is 0.0613. The van der Waals surface area contributed by atoms with Gasteiger partial charge in [-0.1, -0.05) is 29.7 Å². The van der Waals surface area contributed by atoms with Crippen molar-refractivity contribution in [1.29, 1.82) is 0 Å². The molecule has 1 saturated carbocycles. The first-order chi connectivity index (χ1) is 30.8. The highest BCUT2D eigenvalue weighted by molar-refractivity contribution is 7.93. The smallest absolute Gasteiger partial charge is 0.435 e. The van der Waals surface area contributed by atoms with Crippen LogP contribution in [0.15, 0.2) is 46.9 Å². The summed E-state index contributed by atoms with van der Waals surface area (Å²) in [6.45, 7) is 6.36. The van der Waals surface area contributed by atoms with E-state index in [4.69, 9.17) is 21.0 Å². The van der Waals surface area contributed by atoms with E-state index in [9.17, 15) is 36.4 Å². The molecule has 348 valence electrons. The molecule has 0 radical (unpaired) electrons. The number of aromatic nitrogens is 7. The molecule has 3 atom stereocenters. The monoisotopic (exact) mass is 959 g/mol. The lowest BCUT2D eigenvalue weighted by atomic mass is 9.93. The van der Waals surface area contributed by atoms with Crippen molar-refractivity contribution >= 4 is 51.4 Å². The fourth-order valence-electron chi connectivity index (χ4n) is 7.94.